The smallest absolute Gasteiger partial charge is 0.123 e. The highest BCUT2D eigenvalue weighted by molar-refractivity contribution is 9.10. The number of rotatable bonds is 2. The van der Waals surface area contributed by atoms with Crippen molar-refractivity contribution in [2.45, 2.75) is 13.0 Å². The van der Waals surface area contributed by atoms with Crippen LogP contribution in [0.4, 0.5) is 4.39 Å². The lowest BCUT2D eigenvalue weighted by Gasteiger charge is -2.16. The third-order valence-corrected chi connectivity index (χ3v) is 4.11. The second-order valence-corrected chi connectivity index (χ2v) is 5.41. The van der Waals surface area contributed by atoms with Crippen LogP contribution in [-0.2, 0) is 0 Å². The van der Waals surface area contributed by atoms with Crippen molar-refractivity contribution in [3.05, 3.63) is 68.4 Å². The Labute approximate surface area is 119 Å². The maximum atomic E-state index is 13.3. The van der Waals surface area contributed by atoms with E-state index in [4.69, 9.17) is 17.3 Å². The number of aryl methyl sites for hydroxylation is 1. The minimum absolute atomic E-state index is 0.283. The lowest BCUT2D eigenvalue weighted by atomic mass is 9.96. The predicted molar refractivity (Wildman–Crippen MR) is 76.3 cm³/mol. The molecule has 1 unspecified atom stereocenters. The van der Waals surface area contributed by atoms with Gasteiger partial charge in [-0.15, -0.1) is 0 Å². The van der Waals surface area contributed by atoms with E-state index in [9.17, 15) is 4.39 Å². The largest absolute Gasteiger partial charge is 0.320 e. The molecule has 0 aromatic heterocycles. The zero-order chi connectivity index (χ0) is 13.3. The van der Waals surface area contributed by atoms with Gasteiger partial charge in [-0.2, -0.15) is 0 Å². The van der Waals surface area contributed by atoms with Crippen LogP contribution < -0.4 is 5.73 Å². The molecule has 0 aliphatic carbocycles. The van der Waals surface area contributed by atoms with Gasteiger partial charge in [0.2, 0.25) is 0 Å². The van der Waals surface area contributed by atoms with Crippen LogP contribution in [0.25, 0.3) is 0 Å². The summed E-state index contributed by atoms with van der Waals surface area (Å²) in [7, 11) is 0. The molecule has 1 atom stereocenters. The molecule has 0 fully saturated rings. The number of nitrogens with two attached hydrogens (primary N) is 1. The SMILES string of the molecule is Cc1ccc(F)cc1C(N)c1ccc(Br)c(Cl)c1. The first-order chi connectivity index (χ1) is 8.49. The summed E-state index contributed by atoms with van der Waals surface area (Å²) in [6, 6.07) is 9.75. The highest BCUT2D eigenvalue weighted by atomic mass is 79.9. The molecule has 0 spiro atoms. The minimum atomic E-state index is -0.383. The summed E-state index contributed by atoms with van der Waals surface area (Å²) in [4.78, 5) is 0. The van der Waals surface area contributed by atoms with Crippen LogP contribution in [0.15, 0.2) is 40.9 Å². The first-order valence-corrected chi connectivity index (χ1v) is 6.62. The summed E-state index contributed by atoms with van der Waals surface area (Å²) in [6.07, 6.45) is 0. The summed E-state index contributed by atoms with van der Waals surface area (Å²) >= 11 is 9.37. The second kappa shape index (κ2) is 5.39. The third-order valence-electron chi connectivity index (χ3n) is 2.88. The monoisotopic (exact) mass is 327 g/mol. The Balaban J connectivity index is 2.44. The summed E-state index contributed by atoms with van der Waals surface area (Å²) in [5.41, 5.74) is 8.76. The zero-order valence-corrected chi connectivity index (χ0v) is 12.1. The zero-order valence-electron chi connectivity index (χ0n) is 9.75. The molecule has 0 saturated carbocycles. The van der Waals surface area contributed by atoms with Crippen LogP contribution in [0.2, 0.25) is 5.02 Å². The lowest BCUT2D eigenvalue weighted by molar-refractivity contribution is 0.622. The lowest BCUT2D eigenvalue weighted by Crippen LogP contribution is -2.13. The van der Waals surface area contributed by atoms with Gasteiger partial charge in [0.05, 0.1) is 11.1 Å². The number of benzene rings is 2. The molecule has 0 bridgehead atoms. The first kappa shape index (κ1) is 13.5. The molecule has 2 rings (SSSR count). The van der Waals surface area contributed by atoms with E-state index >= 15 is 0 Å². The summed E-state index contributed by atoms with van der Waals surface area (Å²) in [5, 5.41) is 0.594. The fourth-order valence-corrected chi connectivity index (χ4v) is 2.27. The van der Waals surface area contributed by atoms with E-state index < -0.39 is 0 Å². The second-order valence-electron chi connectivity index (χ2n) is 4.15. The minimum Gasteiger partial charge on any atom is -0.320 e. The average molecular weight is 329 g/mol. The van der Waals surface area contributed by atoms with Crippen molar-refractivity contribution in [1.82, 2.24) is 0 Å². The van der Waals surface area contributed by atoms with Crippen LogP contribution in [0.5, 0.6) is 0 Å². The molecule has 0 amide bonds. The van der Waals surface area contributed by atoms with E-state index in [1.807, 2.05) is 19.1 Å². The number of hydrogen-bond donors (Lipinski definition) is 1. The molecular weight excluding hydrogens is 317 g/mol. The van der Waals surface area contributed by atoms with E-state index in [0.29, 0.717) is 5.02 Å². The number of halogens is 3. The molecule has 0 saturated heterocycles. The van der Waals surface area contributed by atoms with Gasteiger partial charge in [-0.05, 0) is 63.8 Å². The first-order valence-electron chi connectivity index (χ1n) is 5.45. The molecule has 2 aromatic rings. The molecule has 94 valence electrons. The van der Waals surface area contributed by atoms with Crippen molar-refractivity contribution in [2.24, 2.45) is 5.73 Å². The molecule has 2 aromatic carbocycles. The quantitative estimate of drug-likeness (QED) is 0.856. The third kappa shape index (κ3) is 2.74. The van der Waals surface area contributed by atoms with Gasteiger partial charge in [0, 0.05) is 4.47 Å². The Morgan fingerprint density at radius 2 is 1.94 bits per heavy atom. The Morgan fingerprint density at radius 3 is 2.61 bits per heavy atom. The molecule has 0 radical (unpaired) electrons. The normalized spacial score (nSPS) is 12.5. The Morgan fingerprint density at radius 1 is 1.22 bits per heavy atom. The Hall–Kier alpha value is -0.900. The molecule has 0 aliphatic heterocycles. The highest BCUT2D eigenvalue weighted by Gasteiger charge is 2.13. The van der Waals surface area contributed by atoms with Crippen LogP contribution in [0.3, 0.4) is 0 Å². The molecule has 1 nitrogen and oxygen atoms in total. The topological polar surface area (TPSA) is 26.0 Å². The van der Waals surface area contributed by atoms with Crippen molar-refractivity contribution in [3.63, 3.8) is 0 Å². The molecule has 18 heavy (non-hydrogen) atoms. The maximum Gasteiger partial charge on any atom is 0.123 e. The van der Waals surface area contributed by atoms with Crippen molar-refractivity contribution in [2.75, 3.05) is 0 Å². The summed E-state index contributed by atoms with van der Waals surface area (Å²) in [5.74, 6) is -0.283. The van der Waals surface area contributed by atoms with Gasteiger partial charge < -0.3 is 5.73 Å². The predicted octanol–water partition coefficient (Wildman–Crippen LogP) is 4.60. The van der Waals surface area contributed by atoms with E-state index in [2.05, 4.69) is 15.9 Å². The van der Waals surface area contributed by atoms with Gasteiger partial charge >= 0.3 is 0 Å². The molecule has 4 heteroatoms. The van der Waals surface area contributed by atoms with Gasteiger partial charge in [-0.1, -0.05) is 23.7 Å². The van der Waals surface area contributed by atoms with Gasteiger partial charge in [-0.3, -0.25) is 0 Å². The molecule has 0 heterocycles. The molecule has 2 N–H and O–H groups in total. The van der Waals surface area contributed by atoms with Gasteiger partial charge in [0.25, 0.3) is 0 Å². The fraction of sp³-hybridized carbons (Fsp3) is 0.143. The standard InChI is InChI=1S/C14H12BrClFN/c1-8-2-4-10(17)7-11(8)14(18)9-3-5-12(15)13(16)6-9/h2-7,14H,18H2,1H3. The van der Waals surface area contributed by atoms with Gasteiger partial charge in [0.15, 0.2) is 0 Å². The fourth-order valence-electron chi connectivity index (χ4n) is 1.83. The van der Waals surface area contributed by atoms with E-state index in [1.54, 1.807) is 12.1 Å². The number of hydrogen-bond acceptors (Lipinski definition) is 1. The van der Waals surface area contributed by atoms with Crippen molar-refractivity contribution >= 4 is 27.5 Å². The van der Waals surface area contributed by atoms with E-state index in [0.717, 1.165) is 21.2 Å². The molecule has 0 aliphatic rings. The Kier molecular flexibility index (Phi) is 4.05. The van der Waals surface area contributed by atoms with Gasteiger partial charge in [0.1, 0.15) is 5.82 Å². The average Bonchev–Trinajstić information content (AvgIpc) is 2.35. The van der Waals surface area contributed by atoms with Crippen LogP contribution in [0.1, 0.15) is 22.7 Å². The Bertz CT molecular complexity index is 586. The molecular formula is C14H12BrClFN. The summed E-state index contributed by atoms with van der Waals surface area (Å²) < 4.78 is 14.1. The summed E-state index contributed by atoms with van der Waals surface area (Å²) in [6.45, 7) is 1.91. The van der Waals surface area contributed by atoms with Crippen molar-refractivity contribution < 1.29 is 4.39 Å². The van der Waals surface area contributed by atoms with Crippen LogP contribution in [0, 0.1) is 12.7 Å². The van der Waals surface area contributed by atoms with E-state index in [1.165, 1.54) is 12.1 Å². The highest BCUT2D eigenvalue weighted by Crippen LogP contribution is 2.29. The van der Waals surface area contributed by atoms with Crippen molar-refractivity contribution in [3.8, 4) is 0 Å². The van der Waals surface area contributed by atoms with Gasteiger partial charge in [-0.25, -0.2) is 4.39 Å². The van der Waals surface area contributed by atoms with Crippen molar-refractivity contribution in [1.29, 1.82) is 0 Å². The van der Waals surface area contributed by atoms with Crippen LogP contribution >= 0.6 is 27.5 Å². The maximum absolute atomic E-state index is 13.3. The van der Waals surface area contributed by atoms with E-state index in [-0.39, 0.29) is 11.9 Å². The van der Waals surface area contributed by atoms with Crippen LogP contribution in [-0.4, -0.2) is 0 Å².